The minimum atomic E-state index is -0.454. The van der Waals surface area contributed by atoms with Gasteiger partial charge >= 0.3 is 5.97 Å². The number of aromatic nitrogens is 3. The van der Waals surface area contributed by atoms with Crippen molar-refractivity contribution < 1.29 is 13.9 Å². The van der Waals surface area contributed by atoms with Crippen molar-refractivity contribution in [2.24, 2.45) is 0 Å². The molecule has 0 aliphatic rings. The highest BCUT2D eigenvalue weighted by atomic mass is 79.9. The number of benzene rings is 1. The summed E-state index contributed by atoms with van der Waals surface area (Å²) in [5.41, 5.74) is 1.44. The van der Waals surface area contributed by atoms with Crippen molar-refractivity contribution in [2.45, 2.75) is 31.2 Å². The summed E-state index contributed by atoms with van der Waals surface area (Å²) in [5.74, 6) is 1.13. The molecule has 0 aliphatic carbocycles. The predicted octanol–water partition coefficient (Wildman–Crippen LogP) is 4.34. The van der Waals surface area contributed by atoms with Gasteiger partial charge in [-0.05, 0) is 25.1 Å². The van der Waals surface area contributed by atoms with E-state index in [1.807, 2.05) is 25.1 Å². The number of nitrogens with zero attached hydrogens (tertiary/aromatic N) is 2. The first-order chi connectivity index (χ1) is 11.6. The topological polar surface area (TPSA) is 81.0 Å². The number of nitrogens with one attached hydrogen (secondary N) is 1. The molecular formula is C16H16BrN3O3S. The molecule has 0 unspecified atom stereocenters. The van der Waals surface area contributed by atoms with Gasteiger partial charge in [0.05, 0.1) is 6.61 Å². The zero-order chi connectivity index (χ0) is 17.1. The predicted molar refractivity (Wildman–Crippen MR) is 95.2 cm³/mol. The van der Waals surface area contributed by atoms with Gasteiger partial charge in [-0.25, -0.2) is 9.78 Å². The van der Waals surface area contributed by atoms with Crippen molar-refractivity contribution in [3.05, 3.63) is 39.8 Å². The van der Waals surface area contributed by atoms with Crippen molar-refractivity contribution in [2.75, 3.05) is 6.61 Å². The molecule has 0 bridgehead atoms. The molecule has 3 aromatic rings. The molecule has 0 saturated carbocycles. The molecule has 1 aromatic carbocycles. The van der Waals surface area contributed by atoms with Crippen LogP contribution in [0.15, 0.2) is 32.2 Å². The second-order valence-electron chi connectivity index (χ2n) is 4.98. The SMILES string of the molecule is CCOC(=O)c1oc2ccc(Br)cc2c1CSc1n[nH]c(CC)n1. The van der Waals surface area contributed by atoms with Crippen LogP contribution in [0.5, 0.6) is 0 Å². The Morgan fingerprint density at radius 3 is 2.96 bits per heavy atom. The van der Waals surface area contributed by atoms with E-state index in [1.165, 1.54) is 11.8 Å². The van der Waals surface area contributed by atoms with Crippen LogP contribution in [-0.2, 0) is 16.9 Å². The molecule has 126 valence electrons. The molecule has 24 heavy (non-hydrogen) atoms. The molecule has 0 spiro atoms. The van der Waals surface area contributed by atoms with Crippen LogP contribution in [0.3, 0.4) is 0 Å². The van der Waals surface area contributed by atoms with E-state index in [0.717, 1.165) is 27.7 Å². The van der Waals surface area contributed by atoms with Crippen LogP contribution < -0.4 is 0 Å². The van der Waals surface area contributed by atoms with E-state index < -0.39 is 5.97 Å². The van der Waals surface area contributed by atoms with Gasteiger partial charge in [0.1, 0.15) is 11.4 Å². The van der Waals surface area contributed by atoms with E-state index in [4.69, 9.17) is 9.15 Å². The molecule has 2 heterocycles. The number of aryl methyl sites for hydroxylation is 1. The molecule has 8 heteroatoms. The molecule has 0 atom stereocenters. The Kier molecular flexibility index (Phi) is 5.25. The zero-order valence-electron chi connectivity index (χ0n) is 13.3. The summed E-state index contributed by atoms with van der Waals surface area (Å²) in [6.45, 7) is 4.08. The molecule has 0 aliphatic heterocycles. The van der Waals surface area contributed by atoms with Gasteiger partial charge in [-0.1, -0.05) is 34.6 Å². The Morgan fingerprint density at radius 2 is 2.25 bits per heavy atom. The number of carbonyl (C=O) groups excluding carboxylic acids is 1. The molecule has 0 amide bonds. The third-order valence-electron chi connectivity index (χ3n) is 3.41. The van der Waals surface area contributed by atoms with Gasteiger partial charge in [0.2, 0.25) is 10.9 Å². The van der Waals surface area contributed by atoms with E-state index in [0.29, 0.717) is 23.1 Å². The molecule has 0 saturated heterocycles. The van der Waals surface area contributed by atoms with Crippen molar-refractivity contribution >= 4 is 44.6 Å². The number of ether oxygens (including phenoxy) is 1. The monoisotopic (exact) mass is 409 g/mol. The van der Waals surface area contributed by atoms with E-state index in [9.17, 15) is 4.79 Å². The Balaban J connectivity index is 1.94. The maximum Gasteiger partial charge on any atom is 0.374 e. The minimum absolute atomic E-state index is 0.240. The molecule has 2 aromatic heterocycles. The lowest BCUT2D eigenvalue weighted by atomic mass is 10.1. The lowest BCUT2D eigenvalue weighted by Gasteiger charge is -2.02. The molecular weight excluding hydrogens is 394 g/mol. The Hall–Kier alpha value is -1.80. The number of fused-ring (bicyclic) bond motifs is 1. The standard InChI is InChI=1S/C16H16BrN3O3S/c1-3-13-18-16(20-19-13)24-8-11-10-7-9(17)5-6-12(10)23-14(11)15(21)22-4-2/h5-7H,3-4,8H2,1-2H3,(H,18,19,20). The number of furan rings is 1. The van der Waals surface area contributed by atoms with E-state index in [-0.39, 0.29) is 5.76 Å². The van der Waals surface area contributed by atoms with Crippen LogP contribution in [0.1, 0.15) is 35.8 Å². The van der Waals surface area contributed by atoms with Crippen molar-refractivity contribution in [3.8, 4) is 0 Å². The third-order valence-corrected chi connectivity index (χ3v) is 4.77. The van der Waals surface area contributed by atoms with E-state index in [2.05, 4.69) is 31.1 Å². The molecule has 0 radical (unpaired) electrons. The summed E-state index contributed by atoms with van der Waals surface area (Å²) in [6, 6.07) is 5.64. The number of esters is 1. The minimum Gasteiger partial charge on any atom is -0.460 e. The van der Waals surface area contributed by atoms with Gasteiger partial charge in [-0.3, -0.25) is 5.10 Å². The summed E-state index contributed by atoms with van der Waals surface area (Å²) < 4.78 is 11.8. The van der Waals surface area contributed by atoms with Crippen LogP contribution in [0.25, 0.3) is 11.0 Å². The second-order valence-corrected chi connectivity index (χ2v) is 6.84. The third kappa shape index (κ3) is 3.49. The Labute approximate surface area is 151 Å². The van der Waals surface area contributed by atoms with Gasteiger partial charge in [-0.2, -0.15) is 0 Å². The summed E-state index contributed by atoms with van der Waals surface area (Å²) in [6.07, 6.45) is 0.795. The summed E-state index contributed by atoms with van der Waals surface area (Å²) in [5, 5.41) is 8.58. The van der Waals surface area contributed by atoms with Crippen LogP contribution in [0.2, 0.25) is 0 Å². The van der Waals surface area contributed by atoms with Crippen molar-refractivity contribution in [3.63, 3.8) is 0 Å². The molecule has 3 rings (SSSR count). The first-order valence-electron chi connectivity index (χ1n) is 7.54. The number of carbonyl (C=O) groups is 1. The Morgan fingerprint density at radius 1 is 1.42 bits per heavy atom. The number of aromatic amines is 1. The largest absolute Gasteiger partial charge is 0.460 e. The maximum atomic E-state index is 12.2. The fourth-order valence-electron chi connectivity index (χ4n) is 2.26. The van der Waals surface area contributed by atoms with Crippen LogP contribution >= 0.6 is 27.7 Å². The fourth-order valence-corrected chi connectivity index (χ4v) is 3.47. The first kappa shape index (κ1) is 17.0. The van der Waals surface area contributed by atoms with Crippen molar-refractivity contribution in [1.82, 2.24) is 15.2 Å². The van der Waals surface area contributed by atoms with Gasteiger partial charge in [-0.15, -0.1) is 5.10 Å². The smallest absolute Gasteiger partial charge is 0.374 e. The fraction of sp³-hybridized carbons (Fsp3) is 0.312. The van der Waals surface area contributed by atoms with Crippen LogP contribution in [0, 0.1) is 0 Å². The number of thioether (sulfide) groups is 1. The lowest BCUT2D eigenvalue weighted by molar-refractivity contribution is 0.0491. The molecule has 6 nitrogen and oxygen atoms in total. The lowest BCUT2D eigenvalue weighted by Crippen LogP contribution is -2.05. The summed E-state index contributed by atoms with van der Waals surface area (Å²) in [4.78, 5) is 16.6. The van der Waals surface area contributed by atoms with E-state index >= 15 is 0 Å². The van der Waals surface area contributed by atoms with Crippen LogP contribution in [0.4, 0.5) is 0 Å². The highest BCUT2D eigenvalue weighted by Gasteiger charge is 2.22. The zero-order valence-corrected chi connectivity index (χ0v) is 15.7. The number of hydrogen-bond donors (Lipinski definition) is 1. The van der Waals surface area contributed by atoms with Gasteiger partial charge in [0.25, 0.3) is 0 Å². The summed E-state index contributed by atoms with van der Waals surface area (Å²) >= 11 is 4.91. The maximum absolute atomic E-state index is 12.2. The van der Waals surface area contributed by atoms with Gasteiger partial charge < -0.3 is 9.15 Å². The molecule has 0 fully saturated rings. The number of H-pyrrole nitrogens is 1. The molecule has 1 N–H and O–H groups in total. The highest BCUT2D eigenvalue weighted by Crippen LogP contribution is 2.33. The van der Waals surface area contributed by atoms with Gasteiger partial charge in [0, 0.05) is 27.6 Å². The van der Waals surface area contributed by atoms with Crippen molar-refractivity contribution in [1.29, 1.82) is 0 Å². The average molecular weight is 410 g/mol. The normalized spacial score (nSPS) is 11.1. The number of halogens is 1. The average Bonchev–Trinajstić information content (AvgIpc) is 3.17. The number of rotatable bonds is 6. The second kappa shape index (κ2) is 7.40. The van der Waals surface area contributed by atoms with E-state index in [1.54, 1.807) is 6.92 Å². The number of hydrogen-bond acceptors (Lipinski definition) is 6. The quantitative estimate of drug-likeness (QED) is 0.481. The van der Waals surface area contributed by atoms with Gasteiger partial charge in [0.15, 0.2) is 0 Å². The Bertz CT molecular complexity index is 875. The highest BCUT2D eigenvalue weighted by molar-refractivity contribution is 9.10. The van der Waals surface area contributed by atoms with Crippen LogP contribution in [-0.4, -0.2) is 27.8 Å². The first-order valence-corrected chi connectivity index (χ1v) is 9.32. The summed E-state index contributed by atoms with van der Waals surface area (Å²) in [7, 11) is 0.